The molecular weight excluding hydrogens is 228 g/mol. The summed E-state index contributed by atoms with van der Waals surface area (Å²) in [4.78, 5) is 6.86. The van der Waals surface area contributed by atoms with Crippen LogP contribution in [0.5, 0.6) is 0 Å². The van der Waals surface area contributed by atoms with E-state index in [1.54, 1.807) is 0 Å². The zero-order valence-electron chi connectivity index (χ0n) is 8.13. The van der Waals surface area contributed by atoms with Gasteiger partial charge in [0.2, 0.25) is 0 Å². The summed E-state index contributed by atoms with van der Waals surface area (Å²) in [5, 5.41) is 2.10. The van der Waals surface area contributed by atoms with Gasteiger partial charge < -0.3 is 11.1 Å². The fourth-order valence-corrected chi connectivity index (χ4v) is 0.930. The van der Waals surface area contributed by atoms with Crippen LogP contribution in [0.4, 0.5) is 23.4 Å². The molecule has 0 saturated carbocycles. The van der Waals surface area contributed by atoms with Gasteiger partial charge in [0.1, 0.15) is 5.69 Å². The minimum Gasteiger partial charge on any atom is -0.362 e. The molecule has 0 unspecified atom stereocenters. The lowest BCUT2D eigenvalue weighted by atomic mass is 10.3. The predicted molar refractivity (Wildman–Crippen MR) is 49.5 cm³/mol. The summed E-state index contributed by atoms with van der Waals surface area (Å²) in [6, 6.07) is 0. The second-order valence-corrected chi connectivity index (χ2v) is 3.00. The molecule has 90 valence electrons. The van der Waals surface area contributed by atoms with Crippen LogP contribution in [-0.2, 0) is 0 Å². The molecule has 0 bridgehead atoms. The Kier molecular flexibility index (Phi) is 3.99. The van der Waals surface area contributed by atoms with Crippen molar-refractivity contribution in [1.82, 2.24) is 9.97 Å². The molecule has 8 heteroatoms. The van der Waals surface area contributed by atoms with E-state index in [9.17, 15) is 17.6 Å². The number of hydrogen-bond donors (Lipinski definition) is 2. The minimum atomic E-state index is -3.17. The van der Waals surface area contributed by atoms with E-state index < -0.39 is 31.1 Å². The van der Waals surface area contributed by atoms with Crippen molar-refractivity contribution >= 4 is 5.82 Å². The zero-order valence-corrected chi connectivity index (χ0v) is 8.13. The largest absolute Gasteiger partial charge is 0.362 e. The molecule has 0 spiro atoms. The monoisotopic (exact) mass is 238 g/mol. The van der Waals surface area contributed by atoms with Gasteiger partial charge >= 0.3 is 0 Å². The predicted octanol–water partition coefficient (Wildman–Crippen LogP) is 1.42. The molecule has 0 aliphatic carbocycles. The second kappa shape index (κ2) is 5.06. The highest BCUT2D eigenvalue weighted by Crippen LogP contribution is 2.23. The highest BCUT2D eigenvalue weighted by molar-refractivity contribution is 5.40. The molecule has 0 atom stereocenters. The Balaban J connectivity index is 2.74. The Bertz CT molecular complexity index is 345. The summed E-state index contributed by atoms with van der Waals surface area (Å²) in [7, 11) is 0. The van der Waals surface area contributed by atoms with Crippen LogP contribution in [-0.4, -0.2) is 29.0 Å². The van der Waals surface area contributed by atoms with Crippen molar-refractivity contribution in [3.63, 3.8) is 0 Å². The molecule has 0 fully saturated rings. The van der Waals surface area contributed by atoms with E-state index in [2.05, 4.69) is 15.3 Å². The average molecular weight is 238 g/mol. The Morgan fingerprint density at radius 3 is 2.50 bits per heavy atom. The van der Waals surface area contributed by atoms with Crippen LogP contribution in [0.25, 0.3) is 0 Å². The zero-order chi connectivity index (χ0) is 12.2. The maximum atomic E-state index is 12.7. The first-order chi connectivity index (χ1) is 7.46. The van der Waals surface area contributed by atoms with Crippen LogP contribution in [0.2, 0.25) is 0 Å². The number of anilines is 1. The van der Waals surface area contributed by atoms with Crippen LogP contribution in [0.3, 0.4) is 0 Å². The molecule has 0 radical (unpaired) electrons. The first kappa shape index (κ1) is 12.6. The first-order valence-corrected chi connectivity index (χ1v) is 4.37. The summed E-state index contributed by atoms with van der Waals surface area (Å²) < 4.78 is 50.2. The quantitative estimate of drug-likeness (QED) is 0.761. The summed E-state index contributed by atoms with van der Waals surface area (Å²) in [5.74, 6) is -3.53. The van der Waals surface area contributed by atoms with Crippen molar-refractivity contribution in [2.24, 2.45) is 5.73 Å². The van der Waals surface area contributed by atoms with E-state index in [0.29, 0.717) is 0 Å². The number of alkyl halides is 4. The van der Waals surface area contributed by atoms with Gasteiger partial charge in [-0.2, -0.15) is 0 Å². The van der Waals surface area contributed by atoms with E-state index >= 15 is 0 Å². The van der Waals surface area contributed by atoms with Gasteiger partial charge in [-0.1, -0.05) is 0 Å². The van der Waals surface area contributed by atoms with Crippen molar-refractivity contribution in [3.05, 3.63) is 18.1 Å². The lowest BCUT2D eigenvalue weighted by Crippen LogP contribution is -2.35. The highest BCUT2D eigenvalue weighted by atomic mass is 19.3. The topological polar surface area (TPSA) is 63.8 Å². The number of aromatic nitrogens is 2. The lowest BCUT2D eigenvalue weighted by Gasteiger charge is -2.15. The Morgan fingerprint density at radius 2 is 1.94 bits per heavy atom. The summed E-state index contributed by atoms with van der Waals surface area (Å²) in [6.07, 6.45) is -0.676. The van der Waals surface area contributed by atoms with E-state index in [0.717, 1.165) is 12.4 Å². The molecule has 0 aromatic carbocycles. The third kappa shape index (κ3) is 3.30. The van der Waals surface area contributed by atoms with Crippen LogP contribution >= 0.6 is 0 Å². The molecule has 0 amide bonds. The van der Waals surface area contributed by atoms with Crippen molar-refractivity contribution < 1.29 is 17.6 Å². The summed E-state index contributed by atoms with van der Waals surface area (Å²) in [6.45, 7) is -1.73. The van der Waals surface area contributed by atoms with E-state index in [4.69, 9.17) is 5.73 Å². The number of nitrogens with zero attached hydrogens (tertiary/aromatic N) is 2. The molecule has 3 N–H and O–H groups in total. The highest BCUT2D eigenvalue weighted by Gasteiger charge is 2.27. The Hall–Kier alpha value is -1.44. The molecule has 1 heterocycles. The van der Waals surface area contributed by atoms with Crippen molar-refractivity contribution in [3.8, 4) is 0 Å². The third-order valence-electron chi connectivity index (χ3n) is 1.75. The van der Waals surface area contributed by atoms with Crippen molar-refractivity contribution in [2.45, 2.75) is 12.3 Å². The first-order valence-electron chi connectivity index (χ1n) is 4.37. The van der Waals surface area contributed by atoms with Gasteiger partial charge in [0.15, 0.2) is 5.82 Å². The van der Waals surface area contributed by atoms with Crippen LogP contribution in [0.1, 0.15) is 12.1 Å². The van der Waals surface area contributed by atoms with Gasteiger partial charge in [-0.3, -0.25) is 0 Å². The molecular formula is C8H10F4N4. The summed E-state index contributed by atoms with van der Waals surface area (Å²) in [5.41, 5.74) is 4.14. The maximum absolute atomic E-state index is 12.7. The van der Waals surface area contributed by atoms with Crippen LogP contribution < -0.4 is 11.1 Å². The molecule has 0 aliphatic rings. The van der Waals surface area contributed by atoms with Gasteiger partial charge in [-0.15, -0.1) is 0 Å². The Morgan fingerprint density at radius 1 is 1.31 bits per heavy atom. The number of hydrogen-bond acceptors (Lipinski definition) is 4. The lowest BCUT2D eigenvalue weighted by molar-refractivity contribution is 0.0251. The molecule has 0 saturated heterocycles. The molecule has 16 heavy (non-hydrogen) atoms. The van der Waals surface area contributed by atoms with Gasteiger partial charge in [0, 0.05) is 12.4 Å². The fourth-order valence-electron chi connectivity index (χ4n) is 0.930. The second-order valence-electron chi connectivity index (χ2n) is 3.00. The van der Waals surface area contributed by atoms with Gasteiger partial charge in [-0.05, 0) is 0 Å². The van der Waals surface area contributed by atoms with Gasteiger partial charge in [-0.25, -0.2) is 27.5 Å². The normalized spacial score (nSPS) is 11.9. The van der Waals surface area contributed by atoms with E-state index in [-0.39, 0.29) is 5.82 Å². The fraction of sp³-hybridized carbons (Fsp3) is 0.500. The molecule has 1 aromatic rings. The van der Waals surface area contributed by atoms with Crippen LogP contribution in [0.15, 0.2) is 12.4 Å². The average Bonchev–Trinajstić information content (AvgIpc) is 2.27. The molecule has 1 rings (SSSR count). The Labute approximate surface area is 88.9 Å². The van der Waals surface area contributed by atoms with Crippen molar-refractivity contribution in [1.29, 1.82) is 0 Å². The standard InChI is InChI=1S/C8H10F4N4/c9-6(10)5-7(15-2-1-14-5)16-4-8(11,12)3-13/h1-2,6H,3-4,13H2,(H,15,16). The van der Waals surface area contributed by atoms with E-state index in [1.807, 2.05) is 0 Å². The summed E-state index contributed by atoms with van der Waals surface area (Å²) >= 11 is 0. The number of nitrogens with two attached hydrogens (primary N) is 1. The van der Waals surface area contributed by atoms with E-state index in [1.165, 1.54) is 0 Å². The third-order valence-corrected chi connectivity index (χ3v) is 1.75. The number of nitrogens with one attached hydrogen (secondary N) is 1. The molecule has 0 aliphatic heterocycles. The smallest absolute Gasteiger partial charge is 0.283 e. The SMILES string of the molecule is NCC(F)(F)CNc1nccnc1C(F)F. The van der Waals surface area contributed by atoms with Gasteiger partial charge in [0.05, 0.1) is 13.1 Å². The number of rotatable bonds is 5. The molecule has 4 nitrogen and oxygen atoms in total. The maximum Gasteiger partial charge on any atom is 0.283 e. The number of halogens is 4. The van der Waals surface area contributed by atoms with Gasteiger partial charge in [0.25, 0.3) is 12.3 Å². The van der Waals surface area contributed by atoms with Crippen LogP contribution in [0, 0.1) is 0 Å². The minimum absolute atomic E-state index is 0.356. The molecule has 1 aromatic heterocycles. The van der Waals surface area contributed by atoms with Crippen molar-refractivity contribution in [2.75, 3.05) is 18.4 Å².